The molecule has 2 saturated heterocycles. The van der Waals surface area contributed by atoms with Gasteiger partial charge in [-0.3, -0.25) is 4.79 Å². The van der Waals surface area contributed by atoms with Crippen LogP contribution in [0.1, 0.15) is 25.7 Å². The first-order valence-corrected chi connectivity index (χ1v) is 9.19. The predicted molar refractivity (Wildman–Crippen MR) is 95.5 cm³/mol. The van der Waals surface area contributed by atoms with Crippen LogP contribution in [-0.4, -0.2) is 73.2 Å². The molecule has 0 saturated carbocycles. The summed E-state index contributed by atoms with van der Waals surface area (Å²) >= 11 is 0. The minimum Gasteiger partial charge on any atom is -0.478 e. The van der Waals surface area contributed by atoms with Crippen molar-refractivity contribution in [1.82, 2.24) is 14.8 Å². The lowest BCUT2D eigenvalue weighted by atomic mass is 9.78. The minimum absolute atomic E-state index is 0.0671. The van der Waals surface area contributed by atoms with Crippen molar-refractivity contribution in [1.29, 1.82) is 0 Å². The Balaban J connectivity index is 1.49. The second-order valence-electron chi connectivity index (χ2n) is 7.32. The summed E-state index contributed by atoms with van der Waals surface area (Å²) in [6, 6.07) is 5.71. The molecular weight excluding hydrogens is 318 g/mol. The molecular formula is C19H29N3O3. The number of carbonyl (C=O) groups is 1. The summed E-state index contributed by atoms with van der Waals surface area (Å²) in [6.07, 6.45) is 5.66. The number of rotatable bonds is 6. The summed E-state index contributed by atoms with van der Waals surface area (Å²) in [6.45, 7) is 3.56. The zero-order chi connectivity index (χ0) is 17.7. The number of likely N-dealkylation sites (N-methyl/N-ethyl adjacent to an activating group) is 1. The SMILES string of the molecule is CN(C)CC(=O)N1CCC2(CC1)OCC[C@H]2CCOc1ccccn1. The molecule has 0 bridgehead atoms. The molecule has 2 aliphatic rings. The molecule has 0 N–H and O–H groups in total. The van der Waals surface area contributed by atoms with Gasteiger partial charge in [0.15, 0.2) is 0 Å². The summed E-state index contributed by atoms with van der Waals surface area (Å²) in [7, 11) is 3.86. The highest BCUT2D eigenvalue weighted by atomic mass is 16.5. The third kappa shape index (κ3) is 4.50. The molecule has 25 heavy (non-hydrogen) atoms. The van der Waals surface area contributed by atoms with E-state index >= 15 is 0 Å². The third-order valence-corrected chi connectivity index (χ3v) is 5.37. The van der Waals surface area contributed by atoms with Gasteiger partial charge in [0, 0.05) is 32.0 Å². The van der Waals surface area contributed by atoms with Gasteiger partial charge >= 0.3 is 0 Å². The Morgan fingerprint density at radius 1 is 1.40 bits per heavy atom. The summed E-state index contributed by atoms with van der Waals surface area (Å²) < 4.78 is 12.0. The number of hydrogen-bond donors (Lipinski definition) is 0. The van der Waals surface area contributed by atoms with Crippen LogP contribution in [0.5, 0.6) is 5.88 Å². The second kappa shape index (κ2) is 8.15. The van der Waals surface area contributed by atoms with Crippen LogP contribution in [0.3, 0.4) is 0 Å². The van der Waals surface area contributed by atoms with Crippen molar-refractivity contribution in [2.75, 3.05) is 46.9 Å². The zero-order valence-electron chi connectivity index (χ0n) is 15.3. The molecule has 1 atom stereocenters. The maximum Gasteiger partial charge on any atom is 0.236 e. The summed E-state index contributed by atoms with van der Waals surface area (Å²) in [5.41, 5.74) is -0.0671. The number of piperidine rings is 1. The van der Waals surface area contributed by atoms with Crippen LogP contribution in [0, 0.1) is 5.92 Å². The maximum atomic E-state index is 12.2. The molecule has 2 aliphatic heterocycles. The lowest BCUT2D eigenvalue weighted by Gasteiger charge is -2.42. The molecule has 0 unspecified atom stereocenters. The van der Waals surface area contributed by atoms with Crippen molar-refractivity contribution >= 4 is 5.91 Å². The molecule has 1 aromatic rings. The normalized spacial score (nSPS) is 22.5. The molecule has 2 fully saturated rings. The lowest BCUT2D eigenvalue weighted by Crippen LogP contribution is -2.51. The Bertz CT molecular complexity index is 556. The summed E-state index contributed by atoms with van der Waals surface area (Å²) in [5, 5.41) is 0. The molecule has 6 heteroatoms. The highest BCUT2D eigenvalue weighted by molar-refractivity contribution is 5.78. The molecule has 0 aliphatic carbocycles. The van der Waals surface area contributed by atoms with Gasteiger partial charge in [0.25, 0.3) is 0 Å². The van der Waals surface area contributed by atoms with Gasteiger partial charge in [-0.15, -0.1) is 0 Å². The van der Waals surface area contributed by atoms with Crippen molar-refractivity contribution in [3.63, 3.8) is 0 Å². The molecule has 138 valence electrons. The van der Waals surface area contributed by atoms with E-state index in [1.54, 1.807) is 6.20 Å². The van der Waals surface area contributed by atoms with Crippen molar-refractivity contribution in [3.8, 4) is 5.88 Å². The van der Waals surface area contributed by atoms with E-state index in [-0.39, 0.29) is 11.5 Å². The van der Waals surface area contributed by atoms with Gasteiger partial charge in [-0.25, -0.2) is 4.98 Å². The van der Waals surface area contributed by atoms with Gasteiger partial charge in [0.1, 0.15) is 0 Å². The van der Waals surface area contributed by atoms with E-state index in [2.05, 4.69) is 4.98 Å². The Morgan fingerprint density at radius 3 is 2.88 bits per heavy atom. The molecule has 0 radical (unpaired) electrons. The van der Waals surface area contributed by atoms with Crippen LogP contribution in [0.2, 0.25) is 0 Å². The fourth-order valence-electron chi connectivity index (χ4n) is 3.99. The van der Waals surface area contributed by atoms with Crippen LogP contribution in [0.4, 0.5) is 0 Å². The monoisotopic (exact) mass is 347 g/mol. The average Bonchev–Trinajstić information content (AvgIpc) is 2.98. The molecule has 1 amide bonds. The van der Waals surface area contributed by atoms with Gasteiger partial charge in [0.2, 0.25) is 11.8 Å². The van der Waals surface area contributed by atoms with E-state index < -0.39 is 0 Å². The Morgan fingerprint density at radius 2 is 2.20 bits per heavy atom. The number of aromatic nitrogens is 1. The fourth-order valence-corrected chi connectivity index (χ4v) is 3.99. The molecule has 3 rings (SSSR count). The first-order chi connectivity index (χ1) is 12.1. The van der Waals surface area contributed by atoms with E-state index in [1.165, 1.54) is 0 Å². The molecule has 1 aromatic heterocycles. The van der Waals surface area contributed by atoms with Crippen LogP contribution in [-0.2, 0) is 9.53 Å². The highest BCUT2D eigenvalue weighted by Gasteiger charge is 2.46. The van der Waals surface area contributed by atoms with Crippen LogP contribution >= 0.6 is 0 Å². The second-order valence-corrected chi connectivity index (χ2v) is 7.32. The first-order valence-electron chi connectivity index (χ1n) is 9.19. The highest BCUT2D eigenvalue weighted by Crippen LogP contribution is 2.42. The van der Waals surface area contributed by atoms with E-state index in [9.17, 15) is 4.79 Å². The molecule has 6 nitrogen and oxygen atoms in total. The quantitative estimate of drug-likeness (QED) is 0.786. The number of carbonyl (C=O) groups excluding carboxylic acids is 1. The largest absolute Gasteiger partial charge is 0.478 e. The number of nitrogens with zero attached hydrogens (tertiary/aromatic N) is 3. The molecule has 0 aromatic carbocycles. The van der Waals surface area contributed by atoms with Crippen molar-refractivity contribution in [2.24, 2.45) is 5.92 Å². The van der Waals surface area contributed by atoms with E-state index in [4.69, 9.17) is 9.47 Å². The number of hydrogen-bond acceptors (Lipinski definition) is 5. The maximum absolute atomic E-state index is 12.2. The van der Waals surface area contributed by atoms with Crippen molar-refractivity contribution in [3.05, 3.63) is 24.4 Å². The summed E-state index contributed by atoms with van der Waals surface area (Å²) in [5.74, 6) is 1.40. The van der Waals surface area contributed by atoms with Crippen LogP contribution in [0.25, 0.3) is 0 Å². The number of ether oxygens (including phenoxy) is 2. The summed E-state index contributed by atoms with van der Waals surface area (Å²) in [4.78, 5) is 20.3. The van der Waals surface area contributed by atoms with Crippen molar-refractivity contribution < 1.29 is 14.3 Å². The van der Waals surface area contributed by atoms with Gasteiger partial charge < -0.3 is 19.3 Å². The molecule has 1 spiro atoms. The van der Waals surface area contributed by atoms with Crippen molar-refractivity contribution in [2.45, 2.75) is 31.3 Å². The zero-order valence-corrected chi connectivity index (χ0v) is 15.3. The molecule has 3 heterocycles. The third-order valence-electron chi connectivity index (χ3n) is 5.37. The van der Waals surface area contributed by atoms with Crippen LogP contribution < -0.4 is 4.74 Å². The van der Waals surface area contributed by atoms with E-state index in [0.717, 1.165) is 45.4 Å². The first kappa shape index (κ1) is 18.1. The Kier molecular flexibility index (Phi) is 5.91. The van der Waals surface area contributed by atoms with E-state index in [1.807, 2.05) is 42.1 Å². The Hall–Kier alpha value is -1.66. The predicted octanol–water partition coefficient (Wildman–Crippen LogP) is 1.81. The van der Waals surface area contributed by atoms with Gasteiger partial charge in [0.05, 0.1) is 18.8 Å². The number of likely N-dealkylation sites (tertiary alicyclic amines) is 1. The van der Waals surface area contributed by atoms with E-state index in [0.29, 0.717) is 24.9 Å². The smallest absolute Gasteiger partial charge is 0.236 e. The standard InChI is InChI=1S/C19H29N3O3/c1-21(2)15-18(23)22-11-8-19(9-12-22)16(7-14-25-19)6-13-24-17-5-3-4-10-20-17/h3-5,10,16H,6-9,11-15H2,1-2H3/t16-/m1/s1. The minimum atomic E-state index is -0.0671. The van der Waals surface area contributed by atoms with Gasteiger partial charge in [-0.2, -0.15) is 0 Å². The van der Waals surface area contributed by atoms with Crippen LogP contribution in [0.15, 0.2) is 24.4 Å². The fraction of sp³-hybridized carbons (Fsp3) is 0.684. The number of amides is 1. The topological polar surface area (TPSA) is 54.9 Å². The number of pyridine rings is 1. The lowest BCUT2D eigenvalue weighted by molar-refractivity contribution is -0.138. The average molecular weight is 347 g/mol. The Labute approximate surface area is 150 Å². The van der Waals surface area contributed by atoms with Gasteiger partial charge in [-0.05, 0) is 51.8 Å². The van der Waals surface area contributed by atoms with Gasteiger partial charge in [-0.1, -0.05) is 6.07 Å².